The number of aromatic nitrogens is 1. The standard InChI is InChI=1S/C20H18ClNO2/c1-13-19(20(10-11-20)14-6-8-15(21)9-7-14)16-4-2-3-5-17(16)22(13)12-18(23)24/h2-9H,10-12H2,1H3,(H,23,24). The van der Waals surface area contributed by atoms with Crippen molar-refractivity contribution >= 4 is 28.5 Å². The van der Waals surface area contributed by atoms with Crippen molar-refractivity contribution in [2.24, 2.45) is 0 Å². The Labute approximate surface area is 145 Å². The third-order valence-electron chi connectivity index (χ3n) is 5.15. The van der Waals surface area contributed by atoms with E-state index in [1.54, 1.807) is 0 Å². The molecule has 0 bridgehead atoms. The Balaban J connectivity index is 1.95. The number of hydrogen-bond acceptors (Lipinski definition) is 1. The highest BCUT2D eigenvalue weighted by Crippen LogP contribution is 2.56. The molecule has 4 rings (SSSR count). The predicted octanol–water partition coefficient (Wildman–Crippen LogP) is 4.77. The molecule has 1 aliphatic rings. The SMILES string of the molecule is Cc1c(C2(c3ccc(Cl)cc3)CC2)c2ccccc2n1CC(=O)O. The summed E-state index contributed by atoms with van der Waals surface area (Å²) in [6, 6.07) is 16.2. The second-order valence-corrected chi connectivity index (χ2v) is 6.98. The van der Waals surface area contributed by atoms with E-state index in [9.17, 15) is 9.90 Å². The van der Waals surface area contributed by atoms with Gasteiger partial charge in [-0.1, -0.05) is 41.9 Å². The van der Waals surface area contributed by atoms with Crippen LogP contribution in [-0.2, 0) is 16.8 Å². The maximum atomic E-state index is 11.3. The molecule has 0 spiro atoms. The number of para-hydroxylation sites is 1. The lowest BCUT2D eigenvalue weighted by Gasteiger charge is -2.18. The van der Waals surface area contributed by atoms with E-state index in [0.29, 0.717) is 0 Å². The molecule has 24 heavy (non-hydrogen) atoms. The molecule has 0 saturated heterocycles. The first-order valence-corrected chi connectivity index (χ1v) is 8.47. The van der Waals surface area contributed by atoms with Gasteiger partial charge in [0.15, 0.2) is 0 Å². The lowest BCUT2D eigenvalue weighted by molar-refractivity contribution is -0.137. The highest BCUT2D eigenvalue weighted by Gasteiger charge is 2.48. The van der Waals surface area contributed by atoms with E-state index in [1.807, 2.05) is 41.8 Å². The van der Waals surface area contributed by atoms with E-state index in [0.717, 1.165) is 34.5 Å². The Bertz CT molecular complexity index is 936. The van der Waals surface area contributed by atoms with Crippen LogP contribution in [0.5, 0.6) is 0 Å². The minimum absolute atomic E-state index is 0.0109. The van der Waals surface area contributed by atoms with E-state index in [1.165, 1.54) is 11.1 Å². The lowest BCUT2D eigenvalue weighted by Crippen LogP contribution is -2.13. The Hall–Kier alpha value is -2.26. The molecule has 0 radical (unpaired) electrons. The molecule has 1 heterocycles. The van der Waals surface area contributed by atoms with Gasteiger partial charge in [0.1, 0.15) is 6.54 Å². The first kappa shape index (κ1) is 15.3. The molecule has 0 unspecified atom stereocenters. The molecule has 0 aliphatic heterocycles. The number of benzene rings is 2. The Kier molecular flexibility index (Phi) is 3.43. The molecule has 2 aromatic carbocycles. The summed E-state index contributed by atoms with van der Waals surface area (Å²) in [6.45, 7) is 2.03. The van der Waals surface area contributed by atoms with Crippen LogP contribution in [0.2, 0.25) is 5.02 Å². The summed E-state index contributed by atoms with van der Waals surface area (Å²) in [5.41, 5.74) is 4.55. The number of fused-ring (bicyclic) bond motifs is 1. The molecule has 122 valence electrons. The third-order valence-corrected chi connectivity index (χ3v) is 5.40. The summed E-state index contributed by atoms with van der Waals surface area (Å²) in [4.78, 5) is 11.3. The van der Waals surface area contributed by atoms with Crippen molar-refractivity contribution in [2.75, 3.05) is 0 Å². The third kappa shape index (κ3) is 2.23. The fraction of sp³-hybridized carbons (Fsp3) is 0.250. The topological polar surface area (TPSA) is 42.2 Å². The highest BCUT2D eigenvalue weighted by atomic mass is 35.5. The van der Waals surface area contributed by atoms with Gasteiger partial charge in [-0.25, -0.2) is 0 Å². The normalized spacial score (nSPS) is 15.6. The molecule has 0 amide bonds. The van der Waals surface area contributed by atoms with E-state index >= 15 is 0 Å². The van der Waals surface area contributed by atoms with E-state index < -0.39 is 5.97 Å². The van der Waals surface area contributed by atoms with Crippen LogP contribution in [0.3, 0.4) is 0 Å². The van der Waals surface area contributed by atoms with Crippen molar-refractivity contribution in [2.45, 2.75) is 31.7 Å². The summed E-state index contributed by atoms with van der Waals surface area (Å²) in [6.07, 6.45) is 2.16. The predicted molar refractivity (Wildman–Crippen MR) is 95.8 cm³/mol. The van der Waals surface area contributed by atoms with Crippen molar-refractivity contribution in [1.82, 2.24) is 4.57 Å². The fourth-order valence-electron chi connectivity index (χ4n) is 3.95. The minimum atomic E-state index is -0.818. The van der Waals surface area contributed by atoms with Crippen molar-refractivity contribution in [3.63, 3.8) is 0 Å². The van der Waals surface area contributed by atoms with E-state index in [2.05, 4.69) is 18.2 Å². The van der Waals surface area contributed by atoms with Crippen LogP contribution in [0.1, 0.15) is 29.7 Å². The van der Waals surface area contributed by atoms with Crippen LogP contribution in [-0.4, -0.2) is 15.6 Å². The number of rotatable bonds is 4. The quantitative estimate of drug-likeness (QED) is 0.744. The van der Waals surface area contributed by atoms with E-state index in [-0.39, 0.29) is 12.0 Å². The van der Waals surface area contributed by atoms with Gasteiger partial charge < -0.3 is 9.67 Å². The van der Waals surface area contributed by atoms with E-state index in [4.69, 9.17) is 11.6 Å². The molecule has 1 N–H and O–H groups in total. The monoisotopic (exact) mass is 339 g/mol. The molecule has 1 aliphatic carbocycles. The molecule has 0 atom stereocenters. The zero-order valence-electron chi connectivity index (χ0n) is 13.4. The van der Waals surface area contributed by atoms with Gasteiger partial charge in [-0.2, -0.15) is 0 Å². The van der Waals surface area contributed by atoms with Gasteiger partial charge >= 0.3 is 5.97 Å². The van der Waals surface area contributed by atoms with Crippen LogP contribution >= 0.6 is 11.6 Å². The van der Waals surface area contributed by atoms with Crippen LogP contribution in [0.4, 0.5) is 0 Å². The number of carboxylic acids is 1. The van der Waals surface area contributed by atoms with Crippen LogP contribution in [0, 0.1) is 6.92 Å². The van der Waals surface area contributed by atoms with Gasteiger partial charge in [-0.15, -0.1) is 0 Å². The summed E-state index contributed by atoms with van der Waals surface area (Å²) in [5.74, 6) is -0.818. The van der Waals surface area contributed by atoms with Crippen LogP contribution in [0.25, 0.3) is 10.9 Å². The minimum Gasteiger partial charge on any atom is -0.480 e. The fourth-order valence-corrected chi connectivity index (χ4v) is 4.08. The Morgan fingerprint density at radius 2 is 1.83 bits per heavy atom. The average Bonchev–Trinajstić information content (AvgIpc) is 3.30. The number of hydrogen-bond donors (Lipinski definition) is 1. The Morgan fingerprint density at radius 3 is 2.46 bits per heavy atom. The second kappa shape index (κ2) is 5.38. The first-order valence-electron chi connectivity index (χ1n) is 8.09. The molecule has 1 fully saturated rings. The largest absolute Gasteiger partial charge is 0.480 e. The number of carbonyl (C=O) groups is 1. The number of halogens is 1. The van der Waals surface area contributed by atoms with Gasteiger partial charge in [0.25, 0.3) is 0 Å². The molecule has 1 saturated carbocycles. The van der Waals surface area contributed by atoms with Gasteiger partial charge in [0, 0.05) is 27.0 Å². The van der Waals surface area contributed by atoms with Gasteiger partial charge in [0.05, 0.1) is 0 Å². The Morgan fingerprint density at radius 1 is 1.17 bits per heavy atom. The molecule has 4 heteroatoms. The van der Waals surface area contributed by atoms with Crippen molar-refractivity contribution in [3.05, 3.63) is 70.4 Å². The second-order valence-electron chi connectivity index (χ2n) is 6.55. The zero-order valence-corrected chi connectivity index (χ0v) is 14.2. The molecule has 3 nitrogen and oxygen atoms in total. The van der Waals surface area contributed by atoms with Crippen LogP contribution in [0.15, 0.2) is 48.5 Å². The molecule has 3 aromatic rings. The summed E-state index contributed by atoms with van der Waals surface area (Å²) < 4.78 is 1.92. The smallest absolute Gasteiger partial charge is 0.323 e. The van der Waals surface area contributed by atoms with Gasteiger partial charge in [-0.05, 0) is 49.1 Å². The molecular formula is C20H18ClNO2. The average molecular weight is 340 g/mol. The number of carboxylic acid groups (broad SMARTS) is 1. The maximum absolute atomic E-state index is 11.3. The number of aliphatic carboxylic acids is 1. The maximum Gasteiger partial charge on any atom is 0.323 e. The van der Waals surface area contributed by atoms with Crippen molar-refractivity contribution in [3.8, 4) is 0 Å². The zero-order chi connectivity index (χ0) is 16.9. The lowest BCUT2D eigenvalue weighted by atomic mass is 9.86. The van der Waals surface area contributed by atoms with Crippen molar-refractivity contribution in [1.29, 1.82) is 0 Å². The summed E-state index contributed by atoms with van der Waals surface area (Å²) in [5, 5.41) is 11.2. The summed E-state index contributed by atoms with van der Waals surface area (Å²) in [7, 11) is 0. The van der Waals surface area contributed by atoms with Crippen LogP contribution < -0.4 is 0 Å². The highest BCUT2D eigenvalue weighted by molar-refractivity contribution is 6.30. The summed E-state index contributed by atoms with van der Waals surface area (Å²) >= 11 is 6.05. The van der Waals surface area contributed by atoms with Gasteiger partial charge in [-0.3, -0.25) is 4.79 Å². The van der Waals surface area contributed by atoms with Gasteiger partial charge in [0.2, 0.25) is 0 Å². The number of nitrogens with zero attached hydrogens (tertiary/aromatic N) is 1. The molecule has 1 aromatic heterocycles. The van der Waals surface area contributed by atoms with Crippen molar-refractivity contribution < 1.29 is 9.90 Å². The molecular weight excluding hydrogens is 322 g/mol. The first-order chi connectivity index (χ1) is 11.5.